The summed E-state index contributed by atoms with van der Waals surface area (Å²) in [6.45, 7) is 0. The van der Waals surface area contributed by atoms with Crippen LogP contribution >= 0.6 is 39.0 Å². The molecule has 0 aliphatic carbocycles. The molecule has 84 valence electrons. The fraction of sp³-hybridized carbons (Fsp3) is 0.600. The third-order valence-corrected chi connectivity index (χ3v) is 6.11. The van der Waals surface area contributed by atoms with Crippen molar-refractivity contribution >= 4 is 39.0 Å². The largest absolute Gasteiger partial charge is 0.271 e. The van der Waals surface area contributed by atoms with Crippen LogP contribution in [0.2, 0.25) is 0 Å². The summed E-state index contributed by atoms with van der Waals surface area (Å²) in [6, 6.07) is 2.39. The van der Waals surface area contributed by atoms with Gasteiger partial charge in [-0.25, -0.2) is 0 Å². The zero-order valence-corrected chi connectivity index (χ0v) is 11.6. The van der Waals surface area contributed by atoms with E-state index in [1.54, 1.807) is 11.3 Å². The molecule has 0 bridgehead atoms. The maximum Gasteiger partial charge on any atom is 0.0683 e. The number of hydrogen-bond acceptors (Lipinski definition) is 4. The van der Waals surface area contributed by atoms with Gasteiger partial charge in [0.25, 0.3) is 0 Å². The number of hydrogen-bond donors (Lipinski definition) is 2. The molecule has 2 atom stereocenters. The van der Waals surface area contributed by atoms with Gasteiger partial charge in [0.05, 0.1) is 6.04 Å². The van der Waals surface area contributed by atoms with Crippen LogP contribution in [0, 0.1) is 0 Å². The number of halogens is 1. The molecule has 1 aromatic rings. The third kappa shape index (κ3) is 2.77. The average Bonchev–Trinajstić information content (AvgIpc) is 2.68. The van der Waals surface area contributed by atoms with Crippen LogP contribution in [0.15, 0.2) is 15.9 Å². The first-order chi connectivity index (χ1) is 7.33. The molecule has 3 N–H and O–H groups in total. The normalized spacial score (nSPS) is 24.0. The summed E-state index contributed by atoms with van der Waals surface area (Å²) in [5.74, 6) is 6.96. The highest BCUT2D eigenvalue weighted by Gasteiger charge is 2.26. The highest BCUT2D eigenvalue weighted by molar-refractivity contribution is 9.10. The van der Waals surface area contributed by atoms with Crippen molar-refractivity contribution in [1.82, 2.24) is 5.43 Å². The van der Waals surface area contributed by atoms with E-state index in [9.17, 15) is 0 Å². The first-order valence-corrected chi connectivity index (χ1v) is 7.85. The fourth-order valence-corrected chi connectivity index (χ4v) is 5.15. The zero-order chi connectivity index (χ0) is 10.7. The SMILES string of the molecule is NNC(c1sccc1Br)C1CCCCS1. The van der Waals surface area contributed by atoms with Crippen LogP contribution in [0.4, 0.5) is 0 Å². The van der Waals surface area contributed by atoms with E-state index in [-0.39, 0.29) is 0 Å². The van der Waals surface area contributed by atoms with Crippen molar-refractivity contribution in [3.63, 3.8) is 0 Å². The van der Waals surface area contributed by atoms with E-state index in [0.717, 1.165) is 0 Å². The van der Waals surface area contributed by atoms with Crippen molar-refractivity contribution in [3.8, 4) is 0 Å². The smallest absolute Gasteiger partial charge is 0.0683 e. The monoisotopic (exact) mass is 306 g/mol. The predicted molar refractivity (Wildman–Crippen MR) is 72.2 cm³/mol. The lowest BCUT2D eigenvalue weighted by Gasteiger charge is -2.28. The Morgan fingerprint density at radius 2 is 2.40 bits per heavy atom. The molecule has 2 unspecified atom stereocenters. The minimum atomic E-state index is 0.296. The summed E-state index contributed by atoms with van der Waals surface area (Å²) >= 11 is 7.40. The fourth-order valence-electron chi connectivity index (χ4n) is 1.91. The van der Waals surface area contributed by atoms with Gasteiger partial charge in [-0.3, -0.25) is 11.3 Å². The second kappa shape index (κ2) is 5.68. The Bertz CT molecular complexity index is 310. The van der Waals surface area contributed by atoms with E-state index in [4.69, 9.17) is 5.84 Å². The first kappa shape index (κ1) is 11.9. The molecular formula is C10H15BrN2S2. The molecule has 5 heteroatoms. The van der Waals surface area contributed by atoms with Crippen LogP contribution in [-0.2, 0) is 0 Å². The standard InChI is InChI=1S/C10H15BrN2S2/c11-7-4-6-15-10(7)9(13-12)8-3-1-2-5-14-8/h4,6,8-9,13H,1-3,5,12H2. The summed E-state index contributed by atoms with van der Waals surface area (Å²) < 4.78 is 1.18. The molecule has 1 aromatic heterocycles. The van der Waals surface area contributed by atoms with Gasteiger partial charge in [-0.05, 0) is 46.0 Å². The quantitative estimate of drug-likeness (QED) is 0.665. The number of nitrogens with two attached hydrogens (primary N) is 1. The first-order valence-electron chi connectivity index (χ1n) is 5.13. The molecule has 0 spiro atoms. The minimum Gasteiger partial charge on any atom is -0.271 e. The predicted octanol–water partition coefficient (Wildman–Crippen LogP) is 3.30. The summed E-state index contributed by atoms with van der Waals surface area (Å²) in [7, 11) is 0. The van der Waals surface area contributed by atoms with Crippen LogP contribution in [-0.4, -0.2) is 11.0 Å². The Hall–Kier alpha value is 0.450. The summed E-state index contributed by atoms with van der Waals surface area (Å²) in [5, 5.41) is 2.73. The molecule has 1 fully saturated rings. The Morgan fingerprint density at radius 1 is 1.53 bits per heavy atom. The van der Waals surface area contributed by atoms with E-state index >= 15 is 0 Å². The second-order valence-electron chi connectivity index (χ2n) is 3.68. The van der Waals surface area contributed by atoms with Crippen molar-refractivity contribution in [1.29, 1.82) is 0 Å². The molecule has 2 nitrogen and oxygen atoms in total. The zero-order valence-electron chi connectivity index (χ0n) is 8.41. The Balaban J connectivity index is 2.12. The number of thioether (sulfide) groups is 1. The molecule has 15 heavy (non-hydrogen) atoms. The van der Waals surface area contributed by atoms with Crippen LogP contribution < -0.4 is 11.3 Å². The number of hydrazine groups is 1. The lowest BCUT2D eigenvalue weighted by molar-refractivity contribution is 0.497. The van der Waals surface area contributed by atoms with Crippen LogP contribution in [0.25, 0.3) is 0 Å². The van der Waals surface area contributed by atoms with Crippen LogP contribution in [0.5, 0.6) is 0 Å². The Labute approximate surface area is 107 Å². The molecule has 2 rings (SSSR count). The van der Waals surface area contributed by atoms with E-state index in [1.807, 2.05) is 11.8 Å². The van der Waals surface area contributed by atoms with Gasteiger partial charge in [0, 0.05) is 14.6 Å². The van der Waals surface area contributed by atoms with E-state index in [2.05, 4.69) is 32.8 Å². The number of thiophene rings is 1. The highest BCUT2D eigenvalue weighted by Crippen LogP contribution is 2.39. The van der Waals surface area contributed by atoms with Gasteiger partial charge >= 0.3 is 0 Å². The number of nitrogens with one attached hydrogen (secondary N) is 1. The van der Waals surface area contributed by atoms with Gasteiger partial charge < -0.3 is 0 Å². The molecule has 0 radical (unpaired) electrons. The molecule has 1 aliphatic heterocycles. The van der Waals surface area contributed by atoms with Crippen molar-refractivity contribution in [2.45, 2.75) is 30.6 Å². The van der Waals surface area contributed by atoms with Crippen LogP contribution in [0.1, 0.15) is 30.2 Å². The third-order valence-electron chi connectivity index (χ3n) is 2.69. The van der Waals surface area contributed by atoms with Gasteiger partial charge in [-0.1, -0.05) is 6.42 Å². The molecular weight excluding hydrogens is 292 g/mol. The van der Waals surface area contributed by atoms with Crippen molar-refractivity contribution < 1.29 is 0 Å². The van der Waals surface area contributed by atoms with Crippen molar-refractivity contribution in [3.05, 3.63) is 20.8 Å². The molecule has 1 saturated heterocycles. The maximum atomic E-state index is 5.69. The van der Waals surface area contributed by atoms with Gasteiger partial charge in [0.15, 0.2) is 0 Å². The van der Waals surface area contributed by atoms with Gasteiger partial charge in [0.1, 0.15) is 0 Å². The minimum absolute atomic E-state index is 0.296. The van der Waals surface area contributed by atoms with Crippen molar-refractivity contribution in [2.75, 3.05) is 5.75 Å². The molecule has 0 aromatic carbocycles. The molecule has 0 amide bonds. The van der Waals surface area contributed by atoms with Gasteiger partial charge in [0.2, 0.25) is 0 Å². The Morgan fingerprint density at radius 3 is 2.93 bits per heavy atom. The lowest BCUT2D eigenvalue weighted by Crippen LogP contribution is -2.35. The summed E-state index contributed by atoms with van der Waals surface area (Å²) in [6.07, 6.45) is 3.95. The van der Waals surface area contributed by atoms with E-state index in [1.165, 1.54) is 34.4 Å². The molecule has 1 aliphatic rings. The van der Waals surface area contributed by atoms with Crippen LogP contribution in [0.3, 0.4) is 0 Å². The molecule has 2 heterocycles. The summed E-state index contributed by atoms with van der Waals surface area (Å²) in [4.78, 5) is 1.33. The second-order valence-corrected chi connectivity index (χ2v) is 6.83. The average molecular weight is 307 g/mol. The molecule has 0 saturated carbocycles. The Kier molecular flexibility index (Phi) is 4.52. The van der Waals surface area contributed by atoms with Crippen molar-refractivity contribution in [2.24, 2.45) is 5.84 Å². The van der Waals surface area contributed by atoms with Gasteiger partial charge in [-0.15, -0.1) is 11.3 Å². The highest BCUT2D eigenvalue weighted by atomic mass is 79.9. The van der Waals surface area contributed by atoms with E-state index < -0.39 is 0 Å². The summed E-state index contributed by atoms with van der Waals surface area (Å²) in [5.41, 5.74) is 2.97. The van der Waals surface area contributed by atoms with Gasteiger partial charge in [-0.2, -0.15) is 11.8 Å². The number of rotatable bonds is 3. The lowest BCUT2D eigenvalue weighted by atomic mass is 10.1. The van der Waals surface area contributed by atoms with E-state index in [0.29, 0.717) is 11.3 Å². The topological polar surface area (TPSA) is 38.0 Å². The maximum absolute atomic E-state index is 5.69.